The number of hydrogen-bond donors (Lipinski definition) is 0. The van der Waals surface area contributed by atoms with E-state index in [0.717, 1.165) is 4.49 Å². The summed E-state index contributed by atoms with van der Waals surface area (Å²) < 4.78 is 71.6. The summed E-state index contributed by atoms with van der Waals surface area (Å²) in [5, 5.41) is 13.5. The van der Waals surface area contributed by atoms with E-state index in [1.165, 1.54) is 13.8 Å². The van der Waals surface area contributed by atoms with Gasteiger partial charge in [-0.25, -0.2) is 8.42 Å². The molecule has 1 aliphatic carbocycles. The van der Waals surface area contributed by atoms with Crippen LogP contribution in [0.15, 0.2) is 32.0 Å². The van der Waals surface area contributed by atoms with Gasteiger partial charge in [0.15, 0.2) is 0 Å². The van der Waals surface area contributed by atoms with Gasteiger partial charge in [-0.2, -0.15) is 4.33 Å². The molecule has 3 rings (SSSR count). The monoisotopic (exact) mass is 421 g/mol. The summed E-state index contributed by atoms with van der Waals surface area (Å²) >= 11 is 0.589. The van der Waals surface area contributed by atoms with Crippen molar-refractivity contribution in [1.82, 2.24) is 0 Å². The highest BCUT2D eigenvalue weighted by atomic mass is 32.2. The van der Waals surface area contributed by atoms with E-state index in [9.17, 15) is 18.2 Å². The van der Waals surface area contributed by atoms with Crippen LogP contribution in [0.3, 0.4) is 0 Å². The van der Waals surface area contributed by atoms with Gasteiger partial charge in [-0.3, -0.25) is 5.04 Å². The van der Waals surface area contributed by atoms with Gasteiger partial charge in [0, 0.05) is 11.5 Å². The Hall–Kier alpha value is -1.05. The Kier molecular flexibility index (Phi) is 4.98. The minimum Gasteiger partial charge on any atom is -0.744 e. The van der Waals surface area contributed by atoms with Crippen LogP contribution < -0.4 is 5.26 Å². The van der Waals surface area contributed by atoms with Crippen LogP contribution in [-0.4, -0.2) is 36.0 Å². The van der Waals surface area contributed by atoms with Crippen LogP contribution in [0.2, 0.25) is 0 Å². The van der Waals surface area contributed by atoms with Crippen LogP contribution in [0.1, 0.15) is 34.6 Å². The Morgan fingerprint density at radius 3 is 2.30 bits per heavy atom. The Morgan fingerprint density at radius 2 is 1.78 bits per heavy atom. The Labute approximate surface area is 160 Å². The van der Waals surface area contributed by atoms with Crippen LogP contribution in [0.5, 0.6) is 0 Å². The van der Waals surface area contributed by atoms with Crippen molar-refractivity contribution >= 4 is 34.7 Å². The van der Waals surface area contributed by atoms with E-state index in [0.29, 0.717) is 28.2 Å². The fraction of sp³-hybridized carbons (Fsp3) is 0.533. The van der Waals surface area contributed by atoms with E-state index < -0.39 is 39.7 Å². The van der Waals surface area contributed by atoms with Crippen molar-refractivity contribution in [2.24, 2.45) is 11.8 Å². The molecule has 3 atom stereocenters. The van der Waals surface area contributed by atoms with Crippen molar-refractivity contribution in [2.75, 3.05) is 0 Å². The third-order valence-electron chi connectivity index (χ3n) is 5.82. The molecule has 2 heterocycles. The number of halogens is 2. The van der Waals surface area contributed by atoms with E-state index in [2.05, 4.69) is 9.37 Å². The molecule has 0 N–H and O–H groups in total. The standard InChI is InChI=1S/C15H20BF2NO6S2/c1-6-11-7(2)15(27(21,22)23)8(3)12(11)16(17,18)19-10(5)14(26-25-24-20)9(4)13(6)19/h6,10-11,20H,1-5H3,(H,21,22,23)/p-2. The van der Waals surface area contributed by atoms with E-state index in [1.807, 2.05) is 0 Å². The molecule has 0 aromatic heterocycles. The zero-order chi connectivity index (χ0) is 20.5. The third-order valence-corrected chi connectivity index (χ3v) is 7.90. The average Bonchev–Trinajstić information content (AvgIpc) is 2.95. The van der Waals surface area contributed by atoms with Gasteiger partial charge in [-0.05, 0) is 33.6 Å². The summed E-state index contributed by atoms with van der Waals surface area (Å²) in [6, 6.07) is -0.799. The molecule has 7 nitrogen and oxygen atoms in total. The van der Waals surface area contributed by atoms with Crippen LogP contribution in [-0.2, 0) is 19.5 Å². The smallest absolute Gasteiger partial charge is 0.636 e. The molecule has 0 spiro atoms. The normalized spacial score (nSPS) is 30.5. The lowest BCUT2D eigenvalue weighted by molar-refractivity contribution is -0.777. The van der Waals surface area contributed by atoms with Crippen molar-refractivity contribution in [1.29, 1.82) is 0 Å². The number of hydrogen-bond acceptors (Lipinski definition) is 7. The Balaban J connectivity index is 2.23. The van der Waals surface area contributed by atoms with Gasteiger partial charge in [0.1, 0.15) is 21.9 Å². The highest BCUT2D eigenvalue weighted by Gasteiger charge is 2.62. The molecule has 27 heavy (non-hydrogen) atoms. The van der Waals surface area contributed by atoms with Gasteiger partial charge in [-0.1, -0.05) is 23.5 Å². The van der Waals surface area contributed by atoms with Gasteiger partial charge >= 0.3 is 6.84 Å². The zero-order valence-corrected chi connectivity index (χ0v) is 16.9. The topological polar surface area (TPSA) is 102 Å². The average molecular weight is 421 g/mol. The molecule has 0 aromatic carbocycles. The molecule has 0 aromatic rings. The van der Waals surface area contributed by atoms with Crippen molar-refractivity contribution in [3.05, 3.63) is 32.0 Å². The number of allylic oxidation sites excluding steroid dienone is 4. The zero-order valence-electron chi connectivity index (χ0n) is 15.3. The fourth-order valence-corrected chi connectivity index (χ4v) is 6.63. The largest absolute Gasteiger partial charge is 0.744 e. The maximum atomic E-state index is 15.6. The molecular weight excluding hydrogens is 403 g/mol. The van der Waals surface area contributed by atoms with E-state index in [1.54, 1.807) is 20.8 Å². The predicted molar refractivity (Wildman–Crippen MR) is 92.9 cm³/mol. The predicted octanol–water partition coefficient (Wildman–Crippen LogP) is 1.82. The highest BCUT2D eigenvalue weighted by Crippen LogP contribution is 2.53. The first kappa shape index (κ1) is 20.7. The second-order valence-electron chi connectivity index (χ2n) is 7.12. The van der Waals surface area contributed by atoms with Gasteiger partial charge in [0.25, 0.3) is 0 Å². The van der Waals surface area contributed by atoms with Crippen LogP contribution >= 0.6 is 12.0 Å². The minimum atomic E-state index is -4.87. The summed E-state index contributed by atoms with van der Waals surface area (Å²) in [7, 11) is -4.87. The van der Waals surface area contributed by atoms with Crippen LogP contribution in [0.4, 0.5) is 8.63 Å². The summed E-state index contributed by atoms with van der Waals surface area (Å²) in [6.45, 7) is 3.29. The lowest BCUT2D eigenvalue weighted by atomic mass is 9.56. The first-order chi connectivity index (χ1) is 12.4. The van der Waals surface area contributed by atoms with Crippen molar-refractivity contribution < 1.29 is 40.7 Å². The molecule has 0 saturated heterocycles. The number of fused-ring (bicyclic) bond motifs is 1. The van der Waals surface area contributed by atoms with Gasteiger partial charge < -0.3 is 22.9 Å². The molecular formula is C15H18BF2NO6S2-2. The first-order valence-electron chi connectivity index (χ1n) is 8.27. The van der Waals surface area contributed by atoms with Gasteiger partial charge in [0.2, 0.25) is 0 Å². The quantitative estimate of drug-likeness (QED) is 0.224. The maximum absolute atomic E-state index is 15.6. The SMILES string of the molecule is CC1=C(SOO[O-])C(C)[N+]2=C1C(C)C1C(C)=C(S(=O)(=O)[O-])C(C)=C1[B-]2(F)F. The molecule has 0 saturated carbocycles. The van der Waals surface area contributed by atoms with E-state index in [4.69, 9.17) is 0 Å². The fourth-order valence-electron chi connectivity index (χ4n) is 5.03. The summed E-state index contributed by atoms with van der Waals surface area (Å²) in [6.07, 6.45) is 0. The molecule has 0 radical (unpaired) electrons. The van der Waals surface area contributed by atoms with Crippen molar-refractivity contribution in [3.8, 4) is 0 Å². The Morgan fingerprint density at radius 1 is 1.19 bits per heavy atom. The minimum absolute atomic E-state index is 0.152. The molecule has 0 amide bonds. The van der Waals surface area contributed by atoms with Crippen molar-refractivity contribution in [3.63, 3.8) is 0 Å². The van der Waals surface area contributed by atoms with E-state index in [-0.39, 0.29) is 16.6 Å². The molecule has 2 aliphatic heterocycles. The van der Waals surface area contributed by atoms with Crippen LogP contribution in [0.25, 0.3) is 0 Å². The summed E-state index contributed by atoms with van der Waals surface area (Å²) in [5.41, 5.74) is 0.578. The molecule has 12 heteroatoms. The number of rotatable bonds is 4. The second-order valence-corrected chi connectivity index (χ2v) is 9.17. The van der Waals surface area contributed by atoms with Gasteiger partial charge in [0.05, 0.1) is 21.9 Å². The molecule has 3 aliphatic rings. The molecule has 0 fully saturated rings. The molecule has 3 unspecified atom stereocenters. The van der Waals surface area contributed by atoms with Gasteiger partial charge in [-0.15, -0.1) is 0 Å². The van der Waals surface area contributed by atoms with Crippen LogP contribution in [0, 0.1) is 11.8 Å². The summed E-state index contributed by atoms with van der Waals surface area (Å²) in [5.74, 6) is -1.35. The lowest BCUT2D eigenvalue weighted by Crippen LogP contribution is -2.55. The molecule has 150 valence electrons. The van der Waals surface area contributed by atoms with Crippen molar-refractivity contribution in [2.45, 2.75) is 40.7 Å². The first-order valence-corrected chi connectivity index (χ1v) is 10.4. The maximum Gasteiger partial charge on any atom is 0.636 e. The third kappa shape index (κ3) is 2.77. The van der Waals surface area contributed by atoms with E-state index >= 15 is 8.63 Å². The Bertz CT molecular complexity index is 953. The highest BCUT2D eigenvalue weighted by molar-refractivity contribution is 7.98. The lowest BCUT2D eigenvalue weighted by Gasteiger charge is -2.39. The summed E-state index contributed by atoms with van der Waals surface area (Å²) in [4.78, 5) is -0.101. The second kappa shape index (κ2) is 6.50. The molecule has 0 bridgehead atoms. The number of nitrogens with zero attached hydrogens (tertiary/aromatic N) is 1.